The van der Waals surface area contributed by atoms with E-state index in [1.54, 1.807) is 22.9 Å². The molecule has 2 N–H and O–H groups in total. The molecule has 0 aliphatic carbocycles. The van der Waals surface area contributed by atoms with E-state index in [9.17, 15) is 14.7 Å². The molecule has 0 saturated heterocycles. The number of aromatic hydroxyl groups is 1. The molecule has 1 heterocycles. The molecule has 2 rings (SSSR count). The number of aromatic nitrogens is 1. The van der Waals surface area contributed by atoms with Crippen molar-refractivity contribution in [1.29, 1.82) is 0 Å². The minimum atomic E-state index is -0.966. The average molecular weight is 273 g/mol. The number of hydrogen-bond acceptors (Lipinski definition) is 3. The van der Waals surface area contributed by atoms with Crippen LogP contribution in [0.1, 0.15) is 28.5 Å². The molecule has 20 heavy (non-hydrogen) atoms. The smallest absolute Gasteiger partial charge is 0.335 e. The third-order valence-corrected chi connectivity index (χ3v) is 3.15. The number of nitrogens with zero attached hydrogens (tertiary/aromatic N) is 1. The number of carbonyl (C=O) groups is 1. The van der Waals surface area contributed by atoms with E-state index in [1.807, 2.05) is 6.92 Å². The maximum atomic E-state index is 11.4. The van der Waals surface area contributed by atoms with Gasteiger partial charge in [-0.15, -0.1) is 0 Å². The molecule has 0 saturated carbocycles. The molecule has 0 fully saturated rings. The Balaban J connectivity index is 2.32. The molecule has 0 bridgehead atoms. The fourth-order valence-electron chi connectivity index (χ4n) is 2.07. The maximum absolute atomic E-state index is 11.4. The zero-order valence-electron chi connectivity index (χ0n) is 11.0. The average Bonchev–Trinajstić information content (AvgIpc) is 2.44. The second kappa shape index (κ2) is 5.61. The maximum Gasteiger partial charge on any atom is 0.335 e. The molecule has 0 atom stereocenters. The first kappa shape index (κ1) is 13.9. The van der Waals surface area contributed by atoms with Crippen LogP contribution in [-0.4, -0.2) is 20.7 Å². The SMILES string of the molecule is CCc1c(O)c(=O)ccn1Cc1ccc(C(=O)O)cc1. The van der Waals surface area contributed by atoms with Gasteiger partial charge in [-0.3, -0.25) is 4.79 Å². The molecule has 104 valence electrons. The van der Waals surface area contributed by atoms with Gasteiger partial charge in [-0.2, -0.15) is 0 Å². The molecule has 0 unspecified atom stereocenters. The summed E-state index contributed by atoms with van der Waals surface area (Å²) in [5.41, 5.74) is 1.30. The standard InChI is InChI=1S/C15H15NO4/c1-2-12-14(18)13(17)7-8-16(12)9-10-3-5-11(6-4-10)15(19)20/h3-8,18H,2,9H2,1H3,(H,19,20). The third kappa shape index (κ3) is 2.71. The summed E-state index contributed by atoms with van der Waals surface area (Å²) < 4.78 is 1.78. The van der Waals surface area contributed by atoms with E-state index >= 15 is 0 Å². The number of carboxylic acid groups (broad SMARTS) is 1. The lowest BCUT2D eigenvalue weighted by atomic mass is 10.1. The van der Waals surface area contributed by atoms with Crippen molar-refractivity contribution in [3.8, 4) is 5.75 Å². The molecule has 1 aromatic heterocycles. The molecule has 2 aromatic rings. The lowest BCUT2D eigenvalue weighted by molar-refractivity contribution is 0.0697. The van der Waals surface area contributed by atoms with Crippen molar-refractivity contribution in [2.45, 2.75) is 19.9 Å². The van der Waals surface area contributed by atoms with Gasteiger partial charge in [0.15, 0.2) is 5.75 Å². The highest BCUT2D eigenvalue weighted by molar-refractivity contribution is 5.87. The molecule has 0 radical (unpaired) electrons. The van der Waals surface area contributed by atoms with Gasteiger partial charge in [-0.25, -0.2) is 4.79 Å². The van der Waals surface area contributed by atoms with E-state index in [-0.39, 0.29) is 16.7 Å². The summed E-state index contributed by atoms with van der Waals surface area (Å²) in [6.07, 6.45) is 2.17. The second-order valence-electron chi connectivity index (χ2n) is 4.46. The first-order chi connectivity index (χ1) is 9.52. The van der Waals surface area contributed by atoms with Gasteiger partial charge < -0.3 is 14.8 Å². The molecular weight excluding hydrogens is 258 g/mol. The fraction of sp³-hybridized carbons (Fsp3) is 0.200. The van der Waals surface area contributed by atoms with Crippen molar-refractivity contribution in [2.75, 3.05) is 0 Å². The van der Waals surface area contributed by atoms with E-state index in [2.05, 4.69) is 0 Å². The van der Waals surface area contributed by atoms with Crippen molar-refractivity contribution in [3.05, 3.63) is 63.6 Å². The highest BCUT2D eigenvalue weighted by Gasteiger charge is 2.09. The number of carboxylic acids is 1. The van der Waals surface area contributed by atoms with Crippen molar-refractivity contribution in [2.24, 2.45) is 0 Å². The Morgan fingerprint density at radius 1 is 1.20 bits per heavy atom. The molecule has 5 heteroatoms. The number of hydrogen-bond donors (Lipinski definition) is 2. The van der Waals surface area contributed by atoms with Gasteiger partial charge in [0.25, 0.3) is 0 Å². The Morgan fingerprint density at radius 2 is 1.85 bits per heavy atom. The first-order valence-electron chi connectivity index (χ1n) is 6.26. The van der Waals surface area contributed by atoms with Crippen LogP contribution in [0.2, 0.25) is 0 Å². The normalized spacial score (nSPS) is 10.4. The molecule has 0 spiro atoms. The van der Waals surface area contributed by atoms with Gasteiger partial charge in [0, 0.05) is 18.8 Å². The topological polar surface area (TPSA) is 79.5 Å². The van der Waals surface area contributed by atoms with Crippen LogP contribution in [0.3, 0.4) is 0 Å². The quantitative estimate of drug-likeness (QED) is 0.891. The summed E-state index contributed by atoms with van der Waals surface area (Å²) in [6, 6.07) is 7.83. The summed E-state index contributed by atoms with van der Waals surface area (Å²) in [5, 5.41) is 18.6. The lowest BCUT2D eigenvalue weighted by Crippen LogP contribution is -2.13. The van der Waals surface area contributed by atoms with Crippen molar-refractivity contribution < 1.29 is 15.0 Å². The van der Waals surface area contributed by atoms with Crippen LogP contribution in [0.4, 0.5) is 0 Å². The molecule has 5 nitrogen and oxygen atoms in total. The van der Waals surface area contributed by atoms with Crippen molar-refractivity contribution in [1.82, 2.24) is 4.57 Å². The van der Waals surface area contributed by atoms with Crippen LogP contribution in [0.5, 0.6) is 5.75 Å². The van der Waals surface area contributed by atoms with Gasteiger partial charge in [-0.1, -0.05) is 19.1 Å². The Morgan fingerprint density at radius 3 is 2.40 bits per heavy atom. The predicted molar refractivity (Wildman–Crippen MR) is 74.2 cm³/mol. The van der Waals surface area contributed by atoms with Crippen molar-refractivity contribution in [3.63, 3.8) is 0 Å². The summed E-state index contributed by atoms with van der Waals surface area (Å²) in [5.74, 6) is -1.19. The molecular formula is C15H15NO4. The number of rotatable bonds is 4. The number of pyridine rings is 1. The Bertz CT molecular complexity index is 686. The first-order valence-corrected chi connectivity index (χ1v) is 6.26. The Kier molecular flexibility index (Phi) is 3.89. The molecule has 0 amide bonds. The van der Waals surface area contributed by atoms with Gasteiger partial charge in [0.1, 0.15) is 0 Å². The Labute approximate surface area is 115 Å². The van der Waals surface area contributed by atoms with Gasteiger partial charge >= 0.3 is 5.97 Å². The van der Waals surface area contributed by atoms with Crippen LogP contribution in [0.15, 0.2) is 41.3 Å². The second-order valence-corrected chi connectivity index (χ2v) is 4.46. The third-order valence-electron chi connectivity index (χ3n) is 3.15. The van der Waals surface area contributed by atoms with E-state index in [0.717, 1.165) is 5.56 Å². The van der Waals surface area contributed by atoms with Crippen LogP contribution in [0, 0.1) is 0 Å². The lowest BCUT2D eigenvalue weighted by Gasteiger charge is -2.13. The van der Waals surface area contributed by atoms with E-state index in [0.29, 0.717) is 18.7 Å². The van der Waals surface area contributed by atoms with Crippen molar-refractivity contribution >= 4 is 5.97 Å². The number of benzene rings is 1. The zero-order chi connectivity index (χ0) is 14.7. The minimum absolute atomic E-state index is 0.225. The predicted octanol–water partition coefficient (Wildman–Crippen LogP) is 1.86. The van der Waals surface area contributed by atoms with Crippen LogP contribution in [-0.2, 0) is 13.0 Å². The van der Waals surface area contributed by atoms with Crippen LogP contribution in [0.25, 0.3) is 0 Å². The fourth-order valence-corrected chi connectivity index (χ4v) is 2.07. The minimum Gasteiger partial charge on any atom is -0.503 e. The highest BCUT2D eigenvalue weighted by Crippen LogP contribution is 2.14. The number of aromatic carboxylic acids is 1. The van der Waals surface area contributed by atoms with Crippen LogP contribution >= 0.6 is 0 Å². The summed E-state index contributed by atoms with van der Waals surface area (Å²) in [7, 11) is 0. The van der Waals surface area contributed by atoms with Gasteiger partial charge in [-0.05, 0) is 24.1 Å². The zero-order valence-corrected chi connectivity index (χ0v) is 11.0. The highest BCUT2D eigenvalue weighted by atomic mass is 16.4. The molecule has 0 aliphatic heterocycles. The summed E-state index contributed by atoms with van der Waals surface area (Å²) in [4.78, 5) is 22.2. The van der Waals surface area contributed by atoms with Crippen LogP contribution < -0.4 is 5.43 Å². The van der Waals surface area contributed by atoms with E-state index < -0.39 is 5.97 Å². The van der Waals surface area contributed by atoms with Gasteiger partial charge in [0.05, 0.1) is 11.3 Å². The van der Waals surface area contributed by atoms with Gasteiger partial charge in [0.2, 0.25) is 5.43 Å². The molecule has 0 aliphatic rings. The summed E-state index contributed by atoms with van der Waals surface area (Å²) in [6.45, 7) is 2.33. The summed E-state index contributed by atoms with van der Waals surface area (Å²) >= 11 is 0. The molecule has 1 aromatic carbocycles. The Hall–Kier alpha value is -2.56. The van der Waals surface area contributed by atoms with E-state index in [1.165, 1.54) is 18.2 Å². The van der Waals surface area contributed by atoms with E-state index in [4.69, 9.17) is 5.11 Å². The monoisotopic (exact) mass is 273 g/mol. The largest absolute Gasteiger partial charge is 0.503 e.